The van der Waals surface area contributed by atoms with Gasteiger partial charge >= 0.3 is 0 Å². The summed E-state index contributed by atoms with van der Waals surface area (Å²) >= 11 is 0. The third-order valence-electron chi connectivity index (χ3n) is 3.84. The first-order chi connectivity index (χ1) is 8.56. The normalized spacial score (nSPS) is 27.8. The minimum atomic E-state index is -0.158. The van der Waals surface area contributed by atoms with Crippen molar-refractivity contribution in [1.29, 1.82) is 0 Å². The summed E-state index contributed by atoms with van der Waals surface area (Å²) in [5.74, 6) is 1.57. The number of amides is 1. The maximum Gasteiger partial charge on any atom is 0.271 e. The van der Waals surface area contributed by atoms with Crippen molar-refractivity contribution >= 4 is 11.7 Å². The van der Waals surface area contributed by atoms with Crippen molar-refractivity contribution in [2.75, 3.05) is 5.73 Å². The van der Waals surface area contributed by atoms with Crippen LogP contribution in [0.5, 0.6) is 0 Å². The fourth-order valence-electron chi connectivity index (χ4n) is 2.39. The summed E-state index contributed by atoms with van der Waals surface area (Å²) in [5.41, 5.74) is 5.77. The van der Waals surface area contributed by atoms with Crippen LogP contribution < -0.4 is 11.1 Å². The van der Waals surface area contributed by atoms with Gasteiger partial charge in [-0.05, 0) is 31.1 Å². The third-order valence-corrected chi connectivity index (χ3v) is 3.84. The van der Waals surface area contributed by atoms with Crippen LogP contribution in [0.15, 0.2) is 12.4 Å². The zero-order valence-electron chi connectivity index (χ0n) is 10.9. The molecule has 0 saturated heterocycles. The lowest BCUT2D eigenvalue weighted by Gasteiger charge is -2.32. The Labute approximate surface area is 107 Å². The molecule has 3 N–H and O–H groups in total. The Balaban J connectivity index is 1.93. The van der Waals surface area contributed by atoms with E-state index in [1.807, 2.05) is 0 Å². The molecule has 1 amide bonds. The van der Waals surface area contributed by atoms with E-state index in [0.29, 0.717) is 17.4 Å². The van der Waals surface area contributed by atoms with Gasteiger partial charge in [-0.25, -0.2) is 9.97 Å². The van der Waals surface area contributed by atoms with E-state index in [9.17, 15) is 4.79 Å². The molecule has 5 nitrogen and oxygen atoms in total. The van der Waals surface area contributed by atoms with Crippen LogP contribution >= 0.6 is 0 Å². The molecule has 0 bridgehead atoms. The second-order valence-corrected chi connectivity index (χ2v) is 5.26. The monoisotopic (exact) mass is 248 g/mol. The molecular weight excluding hydrogens is 228 g/mol. The molecule has 0 radical (unpaired) electrons. The van der Waals surface area contributed by atoms with Crippen molar-refractivity contribution in [2.24, 2.45) is 11.8 Å². The van der Waals surface area contributed by atoms with Gasteiger partial charge in [0.25, 0.3) is 5.91 Å². The molecule has 5 heteroatoms. The Hall–Kier alpha value is -1.65. The molecule has 1 heterocycles. The van der Waals surface area contributed by atoms with Gasteiger partial charge in [0.1, 0.15) is 11.5 Å². The van der Waals surface area contributed by atoms with E-state index in [4.69, 9.17) is 5.73 Å². The van der Waals surface area contributed by atoms with Crippen molar-refractivity contribution in [1.82, 2.24) is 15.3 Å². The number of aromatic nitrogens is 2. The fraction of sp³-hybridized carbons (Fsp3) is 0.615. The van der Waals surface area contributed by atoms with Gasteiger partial charge in [0.15, 0.2) is 0 Å². The van der Waals surface area contributed by atoms with Gasteiger partial charge in [-0.1, -0.05) is 13.8 Å². The van der Waals surface area contributed by atoms with Crippen LogP contribution in [0.4, 0.5) is 5.82 Å². The van der Waals surface area contributed by atoms with Crippen molar-refractivity contribution < 1.29 is 4.79 Å². The molecule has 3 unspecified atom stereocenters. The van der Waals surface area contributed by atoms with Gasteiger partial charge in [0, 0.05) is 6.04 Å². The molecule has 1 aromatic heterocycles. The Morgan fingerprint density at radius 2 is 2.06 bits per heavy atom. The van der Waals surface area contributed by atoms with Gasteiger partial charge in [-0.3, -0.25) is 4.79 Å². The zero-order valence-corrected chi connectivity index (χ0v) is 10.9. The molecule has 1 fully saturated rings. The third kappa shape index (κ3) is 2.97. The number of carbonyl (C=O) groups is 1. The number of hydrogen-bond acceptors (Lipinski definition) is 4. The quantitative estimate of drug-likeness (QED) is 0.833. The molecule has 1 aliphatic rings. The molecule has 3 atom stereocenters. The number of nitrogens with two attached hydrogens (primary N) is 1. The first-order valence-corrected chi connectivity index (χ1v) is 6.44. The zero-order chi connectivity index (χ0) is 13.1. The Kier molecular flexibility index (Phi) is 3.79. The van der Waals surface area contributed by atoms with Gasteiger partial charge in [0.05, 0.1) is 12.4 Å². The second kappa shape index (κ2) is 5.33. The molecular formula is C13H20N4O. The molecule has 0 aromatic carbocycles. The van der Waals surface area contributed by atoms with Gasteiger partial charge in [-0.15, -0.1) is 0 Å². The number of hydrogen-bond donors (Lipinski definition) is 2. The highest BCUT2D eigenvalue weighted by molar-refractivity contribution is 5.92. The highest BCUT2D eigenvalue weighted by Gasteiger charge is 2.26. The van der Waals surface area contributed by atoms with Crippen molar-refractivity contribution in [3.8, 4) is 0 Å². The summed E-state index contributed by atoms with van der Waals surface area (Å²) in [6.45, 7) is 4.51. The first kappa shape index (κ1) is 12.8. The SMILES string of the molecule is CC1CCC(NC(=O)c2cnc(N)cn2)CC1C. The van der Waals surface area contributed by atoms with E-state index in [2.05, 4.69) is 29.1 Å². The average Bonchev–Trinajstić information content (AvgIpc) is 2.34. The highest BCUT2D eigenvalue weighted by atomic mass is 16.1. The minimum Gasteiger partial charge on any atom is -0.382 e. The summed E-state index contributed by atoms with van der Waals surface area (Å²) < 4.78 is 0. The average molecular weight is 248 g/mol. The predicted octanol–water partition coefficient (Wildman–Crippen LogP) is 1.61. The Morgan fingerprint density at radius 1 is 1.28 bits per heavy atom. The second-order valence-electron chi connectivity index (χ2n) is 5.26. The number of nitrogens with one attached hydrogen (secondary N) is 1. The molecule has 0 aliphatic heterocycles. The minimum absolute atomic E-state index is 0.158. The highest BCUT2D eigenvalue weighted by Crippen LogP contribution is 2.29. The van der Waals surface area contributed by atoms with Crippen LogP contribution in [-0.4, -0.2) is 21.9 Å². The predicted molar refractivity (Wildman–Crippen MR) is 69.9 cm³/mol. The number of nitrogens with zero attached hydrogens (tertiary/aromatic N) is 2. The molecule has 0 spiro atoms. The van der Waals surface area contributed by atoms with E-state index >= 15 is 0 Å². The van der Waals surface area contributed by atoms with E-state index < -0.39 is 0 Å². The molecule has 18 heavy (non-hydrogen) atoms. The van der Waals surface area contributed by atoms with E-state index in [0.717, 1.165) is 18.8 Å². The number of carbonyl (C=O) groups excluding carboxylic acids is 1. The Morgan fingerprint density at radius 3 is 2.67 bits per heavy atom. The number of nitrogen functional groups attached to an aromatic ring is 1. The first-order valence-electron chi connectivity index (χ1n) is 6.44. The summed E-state index contributed by atoms with van der Waals surface area (Å²) in [7, 11) is 0. The standard InChI is InChI=1S/C13H20N4O/c1-8-3-4-10(5-9(8)2)17-13(18)11-6-16-12(14)7-15-11/h6-10H,3-5H2,1-2H3,(H2,14,16)(H,17,18). The maximum atomic E-state index is 12.0. The fourth-order valence-corrected chi connectivity index (χ4v) is 2.39. The lowest BCUT2D eigenvalue weighted by Crippen LogP contribution is -2.40. The summed E-state index contributed by atoms with van der Waals surface area (Å²) in [6.07, 6.45) is 6.06. The lowest BCUT2D eigenvalue weighted by molar-refractivity contribution is 0.0905. The van der Waals surface area contributed by atoms with Gasteiger partial charge in [-0.2, -0.15) is 0 Å². The summed E-state index contributed by atoms with van der Waals surface area (Å²) in [6, 6.07) is 0.253. The molecule has 98 valence electrons. The molecule has 2 rings (SSSR count). The summed E-state index contributed by atoms with van der Waals surface area (Å²) in [4.78, 5) is 19.8. The van der Waals surface area contributed by atoms with Crippen molar-refractivity contribution in [2.45, 2.75) is 39.2 Å². The van der Waals surface area contributed by atoms with E-state index in [1.165, 1.54) is 18.8 Å². The topological polar surface area (TPSA) is 80.9 Å². The lowest BCUT2D eigenvalue weighted by atomic mass is 9.79. The smallest absolute Gasteiger partial charge is 0.271 e. The largest absolute Gasteiger partial charge is 0.382 e. The van der Waals surface area contributed by atoms with Gasteiger partial charge < -0.3 is 11.1 Å². The van der Waals surface area contributed by atoms with E-state index in [1.54, 1.807) is 0 Å². The molecule has 1 aliphatic carbocycles. The van der Waals surface area contributed by atoms with Crippen LogP contribution in [0.25, 0.3) is 0 Å². The maximum absolute atomic E-state index is 12.0. The molecule has 1 aromatic rings. The van der Waals surface area contributed by atoms with Crippen molar-refractivity contribution in [3.05, 3.63) is 18.1 Å². The Bertz CT molecular complexity index is 418. The molecule has 1 saturated carbocycles. The number of anilines is 1. The van der Waals surface area contributed by atoms with Crippen LogP contribution in [0.2, 0.25) is 0 Å². The van der Waals surface area contributed by atoms with E-state index in [-0.39, 0.29) is 11.9 Å². The van der Waals surface area contributed by atoms with Crippen LogP contribution in [-0.2, 0) is 0 Å². The van der Waals surface area contributed by atoms with Crippen LogP contribution in [0.3, 0.4) is 0 Å². The summed E-state index contributed by atoms with van der Waals surface area (Å²) in [5, 5.41) is 3.02. The van der Waals surface area contributed by atoms with Gasteiger partial charge in [0.2, 0.25) is 0 Å². The van der Waals surface area contributed by atoms with Crippen LogP contribution in [0.1, 0.15) is 43.6 Å². The number of rotatable bonds is 2. The van der Waals surface area contributed by atoms with Crippen molar-refractivity contribution in [3.63, 3.8) is 0 Å². The van der Waals surface area contributed by atoms with Crippen LogP contribution in [0, 0.1) is 11.8 Å².